The van der Waals surface area contributed by atoms with Crippen LogP contribution in [0.5, 0.6) is 0 Å². The molecule has 2 aromatic rings. The Morgan fingerprint density at radius 3 is 2.78 bits per heavy atom. The van der Waals surface area contributed by atoms with Crippen molar-refractivity contribution in [2.24, 2.45) is 0 Å². The van der Waals surface area contributed by atoms with Gasteiger partial charge in [0.05, 0.1) is 10.7 Å². The summed E-state index contributed by atoms with van der Waals surface area (Å²) in [5.74, 6) is 1.81. The molecule has 0 aliphatic heterocycles. The number of nitrogens with one attached hydrogen (secondary N) is 1. The normalized spacial score (nSPS) is 10.4. The van der Waals surface area contributed by atoms with Crippen LogP contribution < -0.4 is 11.1 Å². The summed E-state index contributed by atoms with van der Waals surface area (Å²) in [5, 5.41) is 3.80. The number of aryl methyl sites for hydroxylation is 1. The molecule has 2 rings (SSSR count). The highest BCUT2D eigenvalue weighted by molar-refractivity contribution is 14.1. The van der Waals surface area contributed by atoms with Gasteiger partial charge in [-0.15, -0.1) is 0 Å². The van der Waals surface area contributed by atoms with Crippen molar-refractivity contribution in [2.75, 3.05) is 11.1 Å². The Hall–Kier alpha value is -1.08. The van der Waals surface area contributed by atoms with Gasteiger partial charge in [0.1, 0.15) is 17.5 Å². The maximum Gasteiger partial charge on any atom is 0.136 e. The average Bonchev–Trinajstić information content (AvgIpc) is 2.32. The van der Waals surface area contributed by atoms with Gasteiger partial charge >= 0.3 is 0 Å². The molecule has 0 bridgehead atoms. The van der Waals surface area contributed by atoms with E-state index >= 15 is 0 Å². The van der Waals surface area contributed by atoms with E-state index in [-0.39, 0.29) is 0 Å². The molecule has 18 heavy (non-hydrogen) atoms. The predicted octanol–water partition coefficient (Wildman–Crippen LogP) is 3.62. The molecule has 0 aliphatic carbocycles. The fourth-order valence-electron chi connectivity index (χ4n) is 1.47. The van der Waals surface area contributed by atoms with Gasteiger partial charge in [0.25, 0.3) is 0 Å². The van der Waals surface area contributed by atoms with Crippen molar-refractivity contribution in [3.63, 3.8) is 0 Å². The first-order chi connectivity index (χ1) is 8.58. The zero-order valence-electron chi connectivity index (χ0n) is 9.74. The van der Waals surface area contributed by atoms with E-state index in [9.17, 15) is 0 Å². The van der Waals surface area contributed by atoms with E-state index in [1.807, 2.05) is 25.1 Å². The molecule has 0 radical (unpaired) electrons. The molecule has 0 unspecified atom stereocenters. The van der Waals surface area contributed by atoms with Gasteiger partial charge in [-0.2, -0.15) is 0 Å². The van der Waals surface area contributed by atoms with Crippen molar-refractivity contribution < 1.29 is 0 Å². The first-order valence-electron chi connectivity index (χ1n) is 5.44. The molecule has 0 fully saturated rings. The minimum Gasteiger partial charge on any atom is -0.384 e. The molecule has 1 aromatic heterocycles. The highest BCUT2D eigenvalue weighted by atomic mass is 127. The molecule has 4 nitrogen and oxygen atoms in total. The zero-order chi connectivity index (χ0) is 13.1. The largest absolute Gasteiger partial charge is 0.384 e. The average molecular weight is 375 g/mol. The molecular weight excluding hydrogens is 363 g/mol. The van der Waals surface area contributed by atoms with Crippen LogP contribution >= 0.6 is 34.2 Å². The second-order valence-corrected chi connectivity index (χ2v) is 5.35. The Bertz CT molecular complexity index is 574. The van der Waals surface area contributed by atoms with Gasteiger partial charge in [-0.25, -0.2) is 9.97 Å². The molecule has 0 aliphatic rings. The Morgan fingerprint density at radius 1 is 1.33 bits per heavy atom. The quantitative estimate of drug-likeness (QED) is 0.806. The molecule has 6 heteroatoms. The van der Waals surface area contributed by atoms with Gasteiger partial charge in [0, 0.05) is 16.1 Å². The summed E-state index contributed by atoms with van der Waals surface area (Å²) in [7, 11) is 0. The van der Waals surface area contributed by atoms with Crippen LogP contribution in [0.15, 0.2) is 24.3 Å². The molecule has 94 valence electrons. The molecule has 0 spiro atoms. The summed E-state index contributed by atoms with van der Waals surface area (Å²) in [6.45, 7) is 1.98. The number of anilines is 3. The molecule has 0 amide bonds. The zero-order valence-corrected chi connectivity index (χ0v) is 12.7. The second kappa shape index (κ2) is 5.71. The summed E-state index contributed by atoms with van der Waals surface area (Å²) in [6.07, 6.45) is 0.736. The molecule has 0 saturated heterocycles. The first-order valence-corrected chi connectivity index (χ1v) is 6.89. The number of halogens is 2. The molecule has 0 atom stereocenters. The van der Waals surface area contributed by atoms with E-state index in [2.05, 4.69) is 37.9 Å². The van der Waals surface area contributed by atoms with Crippen molar-refractivity contribution >= 4 is 51.5 Å². The van der Waals surface area contributed by atoms with Gasteiger partial charge in [0.2, 0.25) is 0 Å². The number of hydrogen-bond acceptors (Lipinski definition) is 4. The van der Waals surface area contributed by atoms with E-state index in [0.29, 0.717) is 22.5 Å². The van der Waals surface area contributed by atoms with Crippen LogP contribution in [0.3, 0.4) is 0 Å². The van der Waals surface area contributed by atoms with Crippen LogP contribution in [0.25, 0.3) is 0 Å². The number of rotatable bonds is 3. The van der Waals surface area contributed by atoms with Crippen molar-refractivity contribution in [1.82, 2.24) is 9.97 Å². The van der Waals surface area contributed by atoms with Crippen molar-refractivity contribution in [3.8, 4) is 0 Å². The van der Waals surface area contributed by atoms with Crippen LogP contribution in [0, 0.1) is 3.57 Å². The van der Waals surface area contributed by atoms with Gasteiger partial charge in [0.15, 0.2) is 0 Å². The Balaban J connectivity index is 2.30. The van der Waals surface area contributed by atoms with Crippen LogP contribution in [-0.2, 0) is 6.42 Å². The summed E-state index contributed by atoms with van der Waals surface area (Å²) < 4.78 is 1.08. The van der Waals surface area contributed by atoms with Gasteiger partial charge in [-0.05, 0) is 40.8 Å². The lowest BCUT2D eigenvalue weighted by molar-refractivity contribution is 0.948. The maximum absolute atomic E-state index is 6.15. The van der Waals surface area contributed by atoms with Crippen molar-refractivity contribution in [3.05, 3.63) is 38.7 Å². The third-order valence-corrected chi connectivity index (χ3v) is 3.29. The Labute approximate surface area is 124 Å². The van der Waals surface area contributed by atoms with Crippen molar-refractivity contribution in [1.29, 1.82) is 0 Å². The molecular formula is C12H12ClIN4. The summed E-state index contributed by atoms with van der Waals surface area (Å²) in [5.41, 5.74) is 6.53. The minimum atomic E-state index is 0.450. The minimum absolute atomic E-state index is 0.450. The van der Waals surface area contributed by atoms with E-state index in [0.717, 1.165) is 15.7 Å². The van der Waals surface area contributed by atoms with E-state index < -0.39 is 0 Å². The Morgan fingerprint density at radius 2 is 2.11 bits per heavy atom. The Kier molecular flexibility index (Phi) is 4.23. The lowest BCUT2D eigenvalue weighted by atomic mass is 10.3. The van der Waals surface area contributed by atoms with Crippen molar-refractivity contribution in [2.45, 2.75) is 13.3 Å². The number of nitrogen functional groups attached to an aromatic ring is 1. The van der Waals surface area contributed by atoms with Crippen LogP contribution in [0.4, 0.5) is 17.3 Å². The topological polar surface area (TPSA) is 63.8 Å². The second-order valence-electron chi connectivity index (χ2n) is 3.70. The standard InChI is InChI=1S/C12H12ClIN4/c1-2-11-17-10(15)6-12(18-11)16-9-4-3-7(14)5-8(9)13/h3-6H,2H2,1H3,(H3,15,16,17,18). The highest BCUT2D eigenvalue weighted by Crippen LogP contribution is 2.26. The van der Waals surface area contributed by atoms with E-state index in [4.69, 9.17) is 17.3 Å². The number of nitrogens with two attached hydrogens (primary N) is 1. The fourth-order valence-corrected chi connectivity index (χ4v) is 2.37. The van der Waals surface area contributed by atoms with Crippen LogP contribution in [0.2, 0.25) is 5.02 Å². The van der Waals surface area contributed by atoms with Gasteiger partial charge in [-0.3, -0.25) is 0 Å². The smallest absolute Gasteiger partial charge is 0.136 e. The molecule has 0 saturated carbocycles. The number of benzene rings is 1. The molecule has 1 aromatic carbocycles. The number of aromatic nitrogens is 2. The van der Waals surface area contributed by atoms with Crippen LogP contribution in [0.1, 0.15) is 12.7 Å². The molecule has 3 N–H and O–H groups in total. The SMILES string of the molecule is CCc1nc(N)cc(Nc2ccc(I)cc2Cl)n1. The highest BCUT2D eigenvalue weighted by Gasteiger charge is 2.05. The molecule has 1 heterocycles. The van der Waals surface area contributed by atoms with Gasteiger partial charge < -0.3 is 11.1 Å². The maximum atomic E-state index is 6.15. The third-order valence-electron chi connectivity index (χ3n) is 2.30. The van der Waals surface area contributed by atoms with E-state index in [1.165, 1.54) is 0 Å². The fraction of sp³-hybridized carbons (Fsp3) is 0.167. The third kappa shape index (κ3) is 3.23. The lowest BCUT2D eigenvalue weighted by Gasteiger charge is -2.09. The van der Waals surface area contributed by atoms with Gasteiger partial charge in [-0.1, -0.05) is 18.5 Å². The summed E-state index contributed by atoms with van der Waals surface area (Å²) in [4.78, 5) is 8.47. The summed E-state index contributed by atoms with van der Waals surface area (Å²) >= 11 is 8.36. The number of nitrogens with zero attached hydrogens (tertiary/aromatic N) is 2. The van der Waals surface area contributed by atoms with E-state index in [1.54, 1.807) is 6.07 Å². The van der Waals surface area contributed by atoms with Crippen LogP contribution in [-0.4, -0.2) is 9.97 Å². The monoisotopic (exact) mass is 374 g/mol. The lowest BCUT2D eigenvalue weighted by Crippen LogP contribution is -2.03. The first kappa shape index (κ1) is 13.4. The predicted molar refractivity (Wildman–Crippen MR) is 83.3 cm³/mol. The summed E-state index contributed by atoms with van der Waals surface area (Å²) in [6, 6.07) is 7.46. The number of hydrogen-bond donors (Lipinski definition) is 2.